The quantitative estimate of drug-likeness (QED) is 0.317. The molecule has 2 aromatic heterocycles. The van der Waals surface area contributed by atoms with Gasteiger partial charge in [-0.2, -0.15) is 0 Å². The molecule has 0 saturated heterocycles. The van der Waals surface area contributed by atoms with Crippen LogP contribution in [0.15, 0.2) is 48.5 Å². The molecule has 0 saturated carbocycles. The minimum Gasteiger partial charge on any atom is -0.459 e. The van der Waals surface area contributed by atoms with Gasteiger partial charge in [-0.3, -0.25) is 4.79 Å². The Labute approximate surface area is 203 Å². The van der Waals surface area contributed by atoms with Crippen LogP contribution in [-0.2, 0) is 4.74 Å². The van der Waals surface area contributed by atoms with Gasteiger partial charge >= 0.3 is 5.97 Å². The number of hydrogen-bond donors (Lipinski definition) is 1. The Morgan fingerprint density at radius 2 is 1.71 bits per heavy atom. The van der Waals surface area contributed by atoms with Crippen LogP contribution in [0.1, 0.15) is 56.1 Å². The number of ether oxygens (including phenoxy) is 1. The lowest BCUT2D eigenvalue weighted by Crippen LogP contribution is -2.17. The van der Waals surface area contributed by atoms with Gasteiger partial charge in [0.15, 0.2) is 0 Å². The minimum atomic E-state index is -0.428. The average Bonchev–Trinajstić information content (AvgIpc) is 3.07. The number of rotatable bonds is 5. The Kier molecular flexibility index (Phi) is 6.53. The van der Waals surface area contributed by atoms with Gasteiger partial charge in [-0.1, -0.05) is 30.3 Å². The molecule has 0 aliphatic heterocycles. The van der Waals surface area contributed by atoms with Crippen molar-refractivity contribution >= 4 is 39.1 Å². The van der Waals surface area contributed by atoms with Crippen molar-refractivity contribution < 1.29 is 14.3 Å². The van der Waals surface area contributed by atoms with Crippen molar-refractivity contribution in [1.29, 1.82) is 0 Å². The molecule has 0 unspecified atom stereocenters. The van der Waals surface area contributed by atoms with E-state index < -0.39 is 5.97 Å². The fraction of sp³-hybridized carbons (Fsp3) is 0.250. The van der Waals surface area contributed by atoms with Crippen LogP contribution >= 0.6 is 11.3 Å². The lowest BCUT2D eigenvalue weighted by atomic mass is 10.0. The monoisotopic (exact) mass is 472 g/mol. The zero-order chi connectivity index (χ0) is 24.6. The van der Waals surface area contributed by atoms with Gasteiger partial charge in [-0.05, 0) is 76.4 Å². The summed E-state index contributed by atoms with van der Waals surface area (Å²) < 4.78 is 5.43. The zero-order valence-electron chi connectivity index (χ0n) is 20.3. The summed E-state index contributed by atoms with van der Waals surface area (Å²) in [6.45, 7) is 11.6. The van der Waals surface area contributed by atoms with Crippen molar-refractivity contribution in [3.05, 3.63) is 81.2 Å². The zero-order valence-corrected chi connectivity index (χ0v) is 21.1. The first-order chi connectivity index (χ1) is 16.2. The van der Waals surface area contributed by atoms with Crippen LogP contribution in [0.25, 0.3) is 22.2 Å². The highest BCUT2D eigenvalue weighted by Crippen LogP contribution is 2.34. The second-order valence-electron chi connectivity index (χ2n) is 8.77. The maximum atomic E-state index is 13.6. The van der Waals surface area contributed by atoms with E-state index in [0.717, 1.165) is 38.2 Å². The highest BCUT2D eigenvalue weighted by molar-refractivity contribution is 7.16. The summed E-state index contributed by atoms with van der Waals surface area (Å²) in [4.78, 5) is 32.1. The van der Waals surface area contributed by atoms with E-state index in [4.69, 9.17) is 9.72 Å². The molecule has 34 heavy (non-hydrogen) atoms. The molecule has 0 aliphatic carbocycles. The minimum absolute atomic E-state index is 0.250. The maximum absolute atomic E-state index is 13.6. The van der Waals surface area contributed by atoms with Gasteiger partial charge in [-0.25, -0.2) is 9.78 Å². The van der Waals surface area contributed by atoms with E-state index in [9.17, 15) is 9.59 Å². The normalized spacial score (nSPS) is 11.1. The fourth-order valence-corrected chi connectivity index (χ4v) is 4.86. The van der Waals surface area contributed by atoms with E-state index in [1.54, 1.807) is 0 Å². The number of esters is 1. The van der Waals surface area contributed by atoms with Crippen molar-refractivity contribution in [3.63, 3.8) is 0 Å². The second-order valence-corrected chi connectivity index (χ2v) is 9.99. The summed E-state index contributed by atoms with van der Waals surface area (Å²) >= 11 is 1.38. The Balaban J connectivity index is 1.79. The van der Waals surface area contributed by atoms with E-state index in [0.29, 0.717) is 16.1 Å². The van der Waals surface area contributed by atoms with Crippen LogP contribution < -0.4 is 5.32 Å². The van der Waals surface area contributed by atoms with Gasteiger partial charge in [0.2, 0.25) is 0 Å². The Hall–Kier alpha value is -3.51. The van der Waals surface area contributed by atoms with Gasteiger partial charge < -0.3 is 10.1 Å². The molecule has 0 radical (unpaired) electrons. The van der Waals surface area contributed by atoms with E-state index in [-0.39, 0.29) is 12.0 Å². The number of nitrogens with zero attached hydrogens (tertiary/aromatic N) is 1. The van der Waals surface area contributed by atoms with Gasteiger partial charge in [0.1, 0.15) is 5.00 Å². The molecule has 4 aromatic rings. The highest BCUT2D eigenvalue weighted by Gasteiger charge is 2.24. The topological polar surface area (TPSA) is 68.3 Å². The van der Waals surface area contributed by atoms with E-state index >= 15 is 0 Å². The number of carbonyl (C=O) groups excluding carboxylic acids is 2. The van der Waals surface area contributed by atoms with Crippen LogP contribution in [0.4, 0.5) is 5.00 Å². The fourth-order valence-electron chi connectivity index (χ4n) is 3.82. The number of amides is 1. The standard InChI is InChI=1S/C28H28N2O3S/c1-15(2)33-28(32)25-18(5)19(6)34-27(25)30-26(31)22-14-24(20-12-11-16(3)17(4)13-20)29-23-10-8-7-9-21(22)23/h7-15H,1-6H3,(H,30,31). The highest BCUT2D eigenvalue weighted by atomic mass is 32.1. The van der Waals surface area contributed by atoms with Crippen LogP contribution in [0.5, 0.6) is 0 Å². The predicted molar refractivity (Wildman–Crippen MR) is 139 cm³/mol. The van der Waals surface area contributed by atoms with Crippen molar-refractivity contribution in [2.24, 2.45) is 0 Å². The second kappa shape index (κ2) is 9.39. The molecule has 6 heteroatoms. The summed E-state index contributed by atoms with van der Waals surface area (Å²) in [5, 5.41) is 4.24. The number of anilines is 1. The summed E-state index contributed by atoms with van der Waals surface area (Å²) in [6.07, 6.45) is -0.250. The van der Waals surface area contributed by atoms with Crippen molar-refractivity contribution in [1.82, 2.24) is 4.98 Å². The number of nitrogens with one attached hydrogen (secondary N) is 1. The lowest BCUT2D eigenvalue weighted by Gasteiger charge is -2.13. The van der Waals surface area contributed by atoms with E-state index in [1.165, 1.54) is 16.9 Å². The molecule has 1 N–H and O–H groups in total. The van der Waals surface area contributed by atoms with E-state index in [1.807, 2.05) is 64.1 Å². The number of thiophene rings is 1. The Morgan fingerprint density at radius 3 is 2.41 bits per heavy atom. The third kappa shape index (κ3) is 4.59. The molecular formula is C28H28N2O3S. The average molecular weight is 473 g/mol. The molecule has 0 spiro atoms. The lowest BCUT2D eigenvalue weighted by molar-refractivity contribution is 0.0379. The number of aryl methyl sites for hydroxylation is 3. The number of carbonyl (C=O) groups is 2. The Morgan fingerprint density at radius 1 is 0.971 bits per heavy atom. The summed E-state index contributed by atoms with van der Waals surface area (Å²) in [7, 11) is 0. The van der Waals surface area contributed by atoms with Crippen molar-refractivity contribution in [2.45, 2.75) is 47.6 Å². The number of aromatic nitrogens is 1. The number of fused-ring (bicyclic) bond motifs is 1. The Bertz CT molecular complexity index is 1420. The van der Waals surface area contributed by atoms with Gasteiger partial charge in [0.25, 0.3) is 5.91 Å². The van der Waals surface area contributed by atoms with Crippen LogP contribution in [-0.4, -0.2) is 23.0 Å². The molecule has 0 fully saturated rings. The number of pyridine rings is 1. The molecule has 174 valence electrons. The molecule has 2 aromatic carbocycles. The van der Waals surface area contributed by atoms with Gasteiger partial charge in [0.05, 0.1) is 28.4 Å². The molecule has 2 heterocycles. The van der Waals surface area contributed by atoms with Crippen LogP contribution in [0.3, 0.4) is 0 Å². The number of hydrogen-bond acceptors (Lipinski definition) is 5. The molecule has 0 atom stereocenters. The predicted octanol–water partition coefficient (Wildman–Crippen LogP) is 7.01. The molecule has 0 bridgehead atoms. The first-order valence-corrected chi connectivity index (χ1v) is 12.1. The smallest absolute Gasteiger partial charge is 0.341 e. The number of benzene rings is 2. The summed E-state index contributed by atoms with van der Waals surface area (Å²) in [5.41, 5.74) is 6.52. The summed E-state index contributed by atoms with van der Waals surface area (Å²) in [5.74, 6) is -0.717. The molecular weight excluding hydrogens is 444 g/mol. The largest absolute Gasteiger partial charge is 0.459 e. The molecule has 1 amide bonds. The first kappa shape index (κ1) is 23.6. The molecule has 0 aliphatic rings. The summed E-state index contributed by atoms with van der Waals surface area (Å²) in [6, 6.07) is 15.6. The SMILES string of the molecule is Cc1ccc(-c2cc(C(=O)Nc3sc(C)c(C)c3C(=O)OC(C)C)c3ccccc3n2)cc1C. The first-order valence-electron chi connectivity index (χ1n) is 11.3. The van der Waals surface area contributed by atoms with Crippen molar-refractivity contribution in [2.75, 3.05) is 5.32 Å². The van der Waals surface area contributed by atoms with Crippen molar-refractivity contribution in [3.8, 4) is 11.3 Å². The number of para-hydroxylation sites is 1. The maximum Gasteiger partial charge on any atom is 0.341 e. The van der Waals surface area contributed by atoms with Crippen LogP contribution in [0, 0.1) is 27.7 Å². The van der Waals surface area contributed by atoms with Gasteiger partial charge in [-0.15, -0.1) is 11.3 Å². The third-order valence-corrected chi connectivity index (χ3v) is 7.05. The third-order valence-electron chi connectivity index (χ3n) is 5.92. The van der Waals surface area contributed by atoms with Gasteiger partial charge in [0, 0.05) is 15.8 Å². The molecule has 5 nitrogen and oxygen atoms in total. The molecule has 4 rings (SSSR count). The van der Waals surface area contributed by atoms with E-state index in [2.05, 4.69) is 31.3 Å². The van der Waals surface area contributed by atoms with Crippen LogP contribution in [0.2, 0.25) is 0 Å².